The van der Waals surface area contributed by atoms with Gasteiger partial charge in [0.25, 0.3) is 0 Å². The predicted molar refractivity (Wildman–Crippen MR) is 73.4 cm³/mol. The fourth-order valence-electron chi connectivity index (χ4n) is 3.81. The molecule has 3 rings (SSSR count). The van der Waals surface area contributed by atoms with Gasteiger partial charge in [-0.1, -0.05) is 0 Å². The highest BCUT2D eigenvalue weighted by atomic mass is 16.4. The Bertz CT molecular complexity index is 516. The highest BCUT2D eigenvalue weighted by Crippen LogP contribution is 2.40. The summed E-state index contributed by atoms with van der Waals surface area (Å²) in [5.74, 6) is -0.470. The molecule has 2 aliphatic heterocycles. The van der Waals surface area contributed by atoms with Crippen molar-refractivity contribution in [3.05, 3.63) is 12.7 Å². The van der Waals surface area contributed by atoms with Crippen LogP contribution in [0.5, 0.6) is 0 Å². The van der Waals surface area contributed by atoms with Crippen molar-refractivity contribution >= 4 is 11.9 Å². The molecule has 3 atom stereocenters. The second-order valence-corrected chi connectivity index (χ2v) is 6.12. The minimum Gasteiger partial charge on any atom is -0.481 e. The molecule has 0 aromatic carbocycles. The van der Waals surface area contributed by atoms with Gasteiger partial charge in [-0.05, 0) is 38.5 Å². The molecule has 1 amide bonds. The van der Waals surface area contributed by atoms with Crippen LogP contribution in [-0.2, 0) is 9.59 Å². The van der Waals surface area contributed by atoms with Gasteiger partial charge in [0.1, 0.15) is 18.7 Å². The number of fused-ring (bicyclic) bond motifs is 2. The normalized spacial score (nSPS) is 29.4. The highest BCUT2D eigenvalue weighted by molar-refractivity contribution is 5.81. The lowest BCUT2D eigenvalue weighted by Crippen LogP contribution is -2.49. The monoisotopic (exact) mass is 292 g/mol. The number of carboxylic acids is 1. The number of rotatable bonds is 4. The van der Waals surface area contributed by atoms with Gasteiger partial charge in [-0.2, -0.15) is 5.10 Å². The molecule has 3 heterocycles. The van der Waals surface area contributed by atoms with E-state index in [0.717, 1.165) is 25.7 Å². The fraction of sp³-hybridized carbons (Fsp3) is 0.714. The Hall–Kier alpha value is -1.92. The molecule has 2 aliphatic rings. The molecule has 114 valence electrons. The highest BCUT2D eigenvalue weighted by Gasteiger charge is 2.44. The number of carboxylic acid groups (broad SMARTS) is 1. The van der Waals surface area contributed by atoms with Crippen molar-refractivity contribution in [2.24, 2.45) is 5.92 Å². The summed E-state index contributed by atoms with van der Waals surface area (Å²) in [5.41, 5.74) is 0. The largest absolute Gasteiger partial charge is 0.481 e. The molecule has 1 N–H and O–H groups in total. The van der Waals surface area contributed by atoms with Crippen LogP contribution in [0, 0.1) is 5.92 Å². The summed E-state index contributed by atoms with van der Waals surface area (Å²) in [4.78, 5) is 29.5. The molecule has 2 fully saturated rings. The zero-order valence-electron chi connectivity index (χ0n) is 12.1. The molecule has 0 saturated carbocycles. The fourth-order valence-corrected chi connectivity index (χ4v) is 3.81. The first-order valence-corrected chi connectivity index (χ1v) is 7.44. The predicted octanol–water partition coefficient (Wildman–Crippen LogP) is 1.08. The maximum Gasteiger partial charge on any atom is 0.303 e. The third-order valence-corrected chi connectivity index (χ3v) is 4.74. The zero-order valence-corrected chi connectivity index (χ0v) is 12.1. The molecular weight excluding hydrogens is 272 g/mol. The van der Waals surface area contributed by atoms with E-state index in [1.54, 1.807) is 11.0 Å². The first-order valence-electron chi connectivity index (χ1n) is 7.44. The Morgan fingerprint density at radius 1 is 1.33 bits per heavy atom. The number of carbonyl (C=O) groups excluding carboxylic acids is 1. The van der Waals surface area contributed by atoms with E-state index in [2.05, 4.69) is 10.1 Å². The smallest absolute Gasteiger partial charge is 0.303 e. The van der Waals surface area contributed by atoms with E-state index in [4.69, 9.17) is 5.11 Å². The van der Waals surface area contributed by atoms with Crippen LogP contribution in [0.3, 0.4) is 0 Å². The molecule has 1 aromatic heterocycles. The summed E-state index contributed by atoms with van der Waals surface area (Å²) >= 11 is 0. The van der Waals surface area contributed by atoms with Crippen molar-refractivity contribution in [3.63, 3.8) is 0 Å². The number of hydrogen-bond donors (Lipinski definition) is 1. The Morgan fingerprint density at radius 2 is 2.00 bits per heavy atom. The summed E-state index contributed by atoms with van der Waals surface area (Å²) in [6.45, 7) is 1.83. The van der Waals surface area contributed by atoms with E-state index < -0.39 is 5.97 Å². The molecule has 2 saturated heterocycles. The third-order valence-electron chi connectivity index (χ3n) is 4.74. The lowest BCUT2D eigenvalue weighted by Gasteiger charge is -2.39. The van der Waals surface area contributed by atoms with Crippen LogP contribution < -0.4 is 0 Å². The van der Waals surface area contributed by atoms with Crippen molar-refractivity contribution in [3.8, 4) is 0 Å². The van der Waals surface area contributed by atoms with Crippen molar-refractivity contribution in [2.75, 3.05) is 0 Å². The molecule has 3 unspecified atom stereocenters. The number of hydrogen-bond acceptors (Lipinski definition) is 4. The van der Waals surface area contributed by atoms with Crippen LogP contribution in [-0.4, -0.2) is 48.7 Å². The van der Waals surface area contributed by atoms with Gasteiger partial charge in [-0.15, -0.1) is 0 Å². The van der Waals surface area contributed by atoms with Gasteiger partial charge in [0.05, 0.1) is 0 Å². The van der Waals surface area contributed by atoms with Crippen molar-refractivity contribution in [1.29, 1.82) is 0 Å². The second-order valence-electron chi connectivity index (χ2n) is 6.12. The lowest BCUT2D eigenvalue weighted by molar-refractivity contribution is -0.141. The average molecular weight is 292 g/mol. The Kier molecular flexibility index (Phi) is 3.65. The van der Waals surface area contributed by atoms with Crippen molar-refractivity contribution < 1.29 is 14.7 Å². The molecule has 1 aromatic rings. The second kappa shape index (κ2) is 5.46. The molecular formula is C14H20N4O3. The molecule has 0 radical (unpaired) electrons. The molecule has 7 nitrogen and oxygen atoms in total. The number of nitrogens with zero attached hydrogens (tertiary/aromatic N) is 4. The van der Waals surface area contributed by atoms with Gasteiger partial charge in [0, 0.05) is 18.5 Å². The Morgan fingerprint density at radius 3 is 2.52 bits per heavy atom. The van der Waals surface area contributed by atoms with Crippen molar-refractivity contribution in [1.82, 2.24) is 19.7 Å². The number of aromatic nitrogens is 3. The van der Waals surface area contributed by atoms with E-state index in [1.165, 1.54) is 6.33 Å². The quantitative estimate of drug-likeness (QED) is 0.897. The van der Waals surface area contributed by atoms with E-state index in [1.807, 2.05) is 11.8 Å². The van der Waals surface area contributed by atoms with Crippen molar-refractivity contribution in [2.45, 2.75) is 57.2 Å². The number of amides is 1. The van der Waals surface area contributed by atoms with Gasteiger partial charge in [0.15, 0.2) is 0 Å². The van der Waals surface area contributed by atoms with Crippen LogP contribution >= 0.6 is 0 Å². The first-order chi connectivity index (χ1) is 10.1. The van der Waals surface area contributed by atoms with Crippen LogP contribution in [0.2, 0.25) is 0 Å². The summed E-state index contributed by atoms with van der Waals surface area (Å²) in [6.07, 6.45) is 6.78. The maximum absolute atomic E-state index is 12.7. The molecule has 0 aliphatic carbocycles. The van der Waals surface area contributed by atoms with E-state index in [0.29, 0.717) is 0 Å². The van der Waals surface area contributed by atoms with Crippen LogP contribution in [0.4, 0.5) is 0 Å². The first kappa shape index (κ1) is 14.0. The van der Waals surface area contributed by atoms with Gasteiger partial charge in [-0.25, -0.2) is 9.67 Å². The molecule has 21 heavy (non-hydrogen) atoms. The molecule has 7 heteroatoms. The average Bonchev–Trinajstić information content (AvgIpc) is 3.04. The van der Waals surface area contributed by atoms with Crippen LogP contribution in [0.25, 0.3) is 0 Å². The number of piperidine rings is 1. The SMILES string of the molecule is CC(C(=O)N1C2CCC1CC(CC(=O)O)C2)n1cncn1. The van der Waals surface area contributed by atoms with Crippen LogP contribution in [0.15, 0.2) is 12.7 Å². The summed E-state index contributed by atoms with van der Waals surface area (Å²) in [5, 5.41) is 13.0. The maximum atomic E-state index is 12.7. The number of carbonyl (C=O) groups is 2. The summed E-state index contributed by atoms with van der Waals surface area (Å²) in [7, 11) is 0. The Labute approximate surface area is 123 Å². The van der Waals surface area contributed by atoms with Gasteiger partial charge in [-0.3, -0.25) is 9.59 Å². The summed E-state index contributed by atoms with van der Waals surface area (Å²) < 4.78 is 1.57. The van der Waals surface area contributed by atoms with Gasteiger partial charge in [0.2, 0.25) is 5.91 Å². The van der Waals surface area contributed by atoms with Gasteiger partial charge < -0.3 is 10.0 Å². The number of aliphatic carboxylic acids is 1. The van der Waals surface area contributed by atoms with Crippen LogP contribution in [0.1, 0.15) is 45.1 Å². The topological polar surface area (TPSA) is 88.3 Å². The standard InChI is InChI=1S/C14H20N4O3/c1-9(17-8-15-7-16-17)14(21)18-11-2-3-12(18)5-10(4-11)6-13(19)20/h7-12H,2-6H2,1H3,(H,19,20). The molecule has 0 spiro atoms. The van der Waals surface area contributed by atoms with E-state index in [9.17, 15) is 9.59 Å². The minimum atomic E-state index is -0.741. The van der Waals surface area contributed by atoms with E-state index >= 15 is 0 Å². The zero-order chi connectivity index (χ0) is 15.0. The lowest BCUT2D eigenvalue weighted by atomic mass is 9.88. The third kappa shape index (κ3) is 2.64. The van der Waals surface area contributed by atoms with E-state index in [-0.39, 0.29) is 36.4 Å². The molecule has 2 bridgehead atoms. The summed E-state index contributed by atoms with van der Waals surface area (Å²) in [6, 6.07) is 0.0183. The Balaban J connectivity index is 1.70. The minimum absolute atomic E-state index is 0.0711. The van der Waals surface area contributed by atoms with Gasteiger partial charge >= 0.3 is 5.97 Å².